The number of nitrogens with zero attached hydrogens (tertiary/aromatic N) is 2. The van der Waals surface area contributed by atoms with Crippen LogP contribution in [0.2, 0.25) is 0 Å². The van der Waals surface area contributed by atoms with Gasteiger partial charge in [0.2, 0.25) is 0 Å². The minimum atomic E-state index is 0.775. The van der Waals surface area contributed by atoms with E-state index in [0.717, 1.165) is 39.2 Å². The Hall–Kier alpha value is -0.750. The Bertz CT molecular complexity index is 403. The van der Waals surface area contributed by atoms with E-state index in [1.807, 2.05) is 7.05 Å². The molecule has 1 N–H and O–H groups in total. The highest BCUT2D eigenvalue weighted by atomic mass is 32.1. The molecular formula is C13H21N3OS. The summed E-state index contributed by atoms with van der Waals surface area (Å²) in [5.74, 6) is 0. The van der Waals surface area contributed by atoms with Gasteiger partial charge in [-0.1, -0.05) is 6.08 Å². The summed E-state index contributed by atoms with van der Waals surface area (Å²) in [5.41, 5.74) is 2.61. The van der Waals surface area contributed by atoms with Crippen LogP contribution >= 0.6 is 11.3 Å². The Morgan fingerprint density at radius 3 is 3.11 bits per heavy atom. The molecular weight excluding hydrogens is 246 g/mol. The largest absolute Gasteiger partial charge is 0.380 e. The van der Waals surface area contributed by atoms with Crippen LogP contribution in [-0.2, 0) is 17.8 Å². The predicted molar refractivity (Wildman–Crippen MR) is 74.7 cm³/mol. The highest BCUT2D eigenvalue weighted by molar-refractivity contribution is 7.09. The number of methoxy groups -OCH3 is 1. The first-order chi connectivity index (χ1) is 8.81. The first-order valence-corrected chi connectivity index (χ1v) is 7.17. The van der Waals surface area contributed by atoms with Gasteiger partial charge in [0.1, 0.15) is 5.01 Å². The molecule has 0 spiro atoms. The summed E-state index contributed by atoms with van der Waals surface area (Å²) in [6.07, 6.45) is 3.40. The van der Waals surface area contributed by atoms with E-state index in [-0.39, 0.29) is 0 Å². The maximum Gasteiger partial charge on any atom is 0.107 e. The second-order valence-electron chi connectivity index (χ2n) is 4.54. The SMILES string of the molecule is CNCc1nc(CN2CC=C(COC)CC2)cs1. The second-order valence-corrected chi connectivity index (χ2v) is 5.49. The normalized spacial score (nSPS) is 16.9. The lowest BCUT2D eigenvalue weighted by molar-refractivity contribution is 0.210. The number of hydrogen-bond acceptors (Lipinski definition) is 5. The van der Waals surface area contributed by atoms with Gasteiger partial charge in [-0.25, -0.2) is 4.98 Å². The average molecular weight is 267 g/mol. The summed E-state index contributed by atoms with van der Waals surface area (Å²) in [6, 6.07) is 0. The minimum absolute atomic E-state index is 0.775. The van der Waals surface area contributed by atoms with Gasteiger partial charge in [0, 0.05) is 38.7 Å². The fraction of sp³-hybridized carbons (Fsp3) is 0.615. The van der Waals surface area contributed by atoms with E-state index < -0.39 is 0 Å². The monoisotopic (exact) mass is 267 g/mol. The van der Waals surface area contributed by atoms with Gasteiger partial charge < -0.3 is 10.1 Å². The molecule has 1 aliphatic rings. The maximum atomic E-state index is 5.16. The van der Waals surface area contributed by atoms with Gasteiger partial charge >= 0.3 is 0 Å². The Morgan fingerprint density at radius 2 is 2.44 bits per heavy atom. The van der Waals surface area contributed by atoms with Crippen LogP contribution in [0.5, 0.6) is 0 Å². The molecule has 18 heavy (non-hydrogen) atoms. The second kappa shape index (κ2) is 6.99. The van der Waals surface area contributed by atoms with Gasteiger partial charge in [0.25, 0.3) is 0 Å². The highest BCUT2D eigenvalue weighted by Gasteiger charge is 2.13. The number of ether oxygens (including phenoxy) is 1. The fourth-order valence-corrected chi connectivity index (χ4v) is 2.89. The zero-order valence-corrected chi connectivity index (χ0v) is 11.9. The van der Waals surface area contributed by atoms with Crippen LogP contribution in [0.15, 0.2) is 17.0 Å². The molecule has 4 nitrogen and oxygen atoms in total. The summed E-state index contributed by atoms with van der Waals surface area (Å²) in [6.45, 7) is 4.71. The summed E-state index contributed by atoms with van der Waals surface area (Å²) in [4.78, 5) is 7.05. The van der Waals surface area contributed by atoms with E-state index >= 15 is 0 Å². The van der Waals surface area contributed by atoms with Crippen LogP contribution < -0.4 is 5.32 Å². The van der Waals surface area contributed by atoms with Crippen LogP contribution in [0.4, 0.5) is 0 Å². The van der Waals surface area contributed by atoms with Crippen LogP contribution in [0.25, 0.3) is 0 Å². The molecule has 1 aromatic heterocycles. The third kappa shape index (κ3) is 3.88. The first-order valence-electron chi connectivity index (χ1n) is 6.29. The van der Waals surface area contributed by atoms with Crippen molar-refractivity contribution < 1.29 is 4.74 Å². The Morgan fingerprint density at radius 1 is 1.56 bits per heavy atom. The molecule has 0 atom stereocenters. The van der Waals surface area contributed by atoms with Crippen LogP contribution in [-0.4, -0.2) is 43.7 Å². The standard InChI is InChI=1S/C13H21N3OS/c1-14-7-13-15-12(10-18-13)8-16-5-3-11(4-6-16)9-17-2/h3,10,14H,4-9H2,1-2H3. The molecule has 5 heteroatoms. The van der Waals surface area contributed by atoms with E-state index in [1.165, 1.54) is 16.3 Å². The molecule has 0 amide bonds. The zero-order chi connectivity index (χ0) is 12.8. The molecule has 0 bridgehead atoms. The van der Waals surface area contributed by atoms with Crippen molar-refractivity contribution in [2.75, 3.05) is 33.9 Å². The van der Waals surface area contributed by atoms with Crippen molar-refractivity contribution in [3.05, 3.63) is 27.7 Å². The molecule has 2 heterocycles. The zero-order valence-electron chi connectivity index (χ0n) is 11.1. The van der Waals surface area contributed by atoms with Crippen molar-refractivity contribution in [2.45, 2.75) is 19.5 Å². The molecule has 0 saturated heterocycles. The van der Waals surface area contributed by atoms with Crippen molar-refractivity contribution in [2.24, 2.45) is 0 Å². The number of hydrogen-bond donors (Lipinski definition) is 1. The highest BCUT2D eigenvalue weighted by Crippen LogP contribution is 2.16. The van der Waals surface area contributed by atoms with E-state index in [4.69, 9.17) is 4.74 Å². The topological polar surface area (TPSA) is 37.4 Å². The molecule has 0 radical (unpaired) electrons. The quantitative estimate of drug-likeness (QED) is 0.795. The van der Waals surface area contributed by atoms with Crippen LogP contribution in [0, 0.1) is 0 Å². The fourth-order valence-electron chi connectivity index (χ4n) is 2.10. The number of thiazole rings is 1. The first kappa shape index (κ1) is 13.7. The van der Waals surface area contributed by atoms with E-state index in [0.29, 0.717) is 0 Å². The molecule has 1 aromatic rings. The van der Waals surface area contributed by atoms with E-state index in [2.05, 4.69) is 26.7 Å². The lowest BCUT2D eigenvalue weighted by Crippen LogP contribution is -2.29. The van der Waals surface area contributed by atoms with Crippen molar-refractivity contribution in [1.29, 1.82) is 0 Å². The Kier molecular flexibility index (Phi) is 5.31. The Labute approximate surface area is 113 Å². The average Bonchev–Trinajstić information content (AvgIpc) is 2.80. The molecule has 0 unspecified atom stereocenters. The van der Waals surface area contributed by atoms with Gasteiger partial charge in [0.15, 0.2) is 0 Å². The maximum absolute atomic E-state index is 5.16. The number of nitrogens with one attached hydrogen (secondary N) is 1. The minimum Gasteiger partial charge on any atom is -0.380 e. The summed E-state index contributed by atoms with van der Waals surface area (Å²) in [7, 11) is 3.71. The van der Waals surface area contributed by atoms with Crippen LogP contribution in [0.3, 0.4) is 0 Å². The van der Waals surface area contributed by atoms with Crippen molar-refractivity contribution in [3.63, 3.8) is 0 Å². The molecule has 2 rings (SSSR count). The molecule has 100 valence electrons. The third-order valence-electron chi connectivity index (χ3n) is 3.03. The molecule has 1 aliphatic heterocycles. The van der Waals surface area contributed by atoms with Crippen molar-refractivity contribution in [3.8, 4) is 0 Å². The summed E-state index contributed by atoms with van der Waals surface area (Å²) in [5, 5.41) is 6.47. The van der Waals surface area contributed by atoms with Gasteiger partial charge in [-0.3, -0.25) is 4.90 Å². The molecule has 0 saturated carbocycles. The number of aromatic nitrogens is 1. The van der Waals surface area contributed by atoms with E-state index in [1.54, 1.807) is 18.4 Å². The van der Waals surface area contributed by atoms with Gasteiger partial charge in [-0.05, 0) is 19.0 Å². The summed E-state index contributed by atoms with van der Waals surface area (Å²) < 4.78 is 5.16. The third-order valence-corrected chi connectivity index (χ3v) is 3.93. The lowest BCUT2D eigenvalue weighted by atomic mass is 10.1. The Balaban J connectivity index is 1.83. The molecule has 0 aliphatic carbocycles. The summed E-state index contributed by atoms with van der Waals surface area (Å²) >= 11 is 1.74. The van der Waals surface area contributed by atoms with Gasteiger partial charge in [-0.2, -0.15) is 0 Å². The van der Waals surface area contributed by atoms with Gasteiger partial charge in [0.05, 0.1) is 12.3 Å². The predicted octanol–water partition coefficient (Wildman–Crippen LogP) is 1.64. The number of rotatable bonds is 6. The smallest absolute Gasteiger partial charge is 0.107 e. The lowest BCUT2D eigenvalue weighted by Gasteiger charge is -2.25. The van der Waals surface area contributed by atoms with E-state index in [9.17, 15) is 0 Å². The van der Waals surface area contributed by atoms with Gasteiger partial charge in [-0.15, -0.1) is 11.3 Å². The van der Waals surface area contributed by atoms with Crippen molar-refractivity contribution in [1.82, 2.24) is 15.2 Å². The van der Waals surface area contributed by atoms with Crippen molar-refractivity contribution >= 4 is 11.3 Å². The van der Waals surface area contributed by atoms with Crippen LogP contribution in [0.1, 0.15) is 17.1 Å². The molecule has 0 fully saturated rings. The molecule has 0 aromatic carbocycles.